The molecule has 0 unspecified atom stereocenters. The van der Waals surface area contributed by atoms with Gasteiger partial charge in [0.25, 0.3) is 0 Å². The molecule has 1 N–H and O–H groups in total. The zero-order valence-electron chi connectivity index (χ0n) is 12.0. The minimum atomic E-state index is -0.329. The van der Waals surface area contributed by atoms with Gasteiger partial charge in [-0.05, 0) is 41.9 Å². The van der Waals surface area contributed by atoms with Crippen molar-refractivity contribution in [3.05, 3.63) is 71.3 Å². The third-order valence-corrected chi connectivity index (χ3v) is 3.16. The fourth-order valence-corrected chi connectivity index (χ4v) is 2.09. The van der Waals surface area contributed by atoms with Crippen LogP contribution >= 0.6 is 0 Å². The molecule has 2 rings (SSSR count). The standard InChI is InChI=1S/C17H19F2NO/c1-2-20-11-12-21-17(13-3-7-15(18)8-4-13)14-5-9-16(19)10-6-14/h3-10,17,20H,2,11-12H2,1H3. The van der Waals surface area contributed by atoms with Crippen molar-refractivity contribution in [2.45, 2.75) is 13.0 Å². The molecule has 0 aliphatic heterocycles. The number of likely N-dealkylation sites (N-methyl/N-ethyl adjacent to an activating group) is 1. The van der Waals surface area contributed by atoms with E-state index in [9.17, 15) is 8.78 Å². The van der Waals surface area contributed by atoms with Crippen molar-refractivity contribution >= 4 is 0 Å². The van der Waals surface area contributed by atoms with Crippen LogP contribution in [-0.4, -0.2) is 19.7 Å². The highest BCUT2D eigenvalue weighted by atomic mass is 19.1. The molecule has 0 aliphatic carbocycles. The van der Waals surface area contributed by atoms with E-state index in [-0.39, 0.29) is 17.7 Å². The van der Waals surface area contributed by atoms with E-state index in [0.29, 0.717) is 6.61 Å². The van der Waals surface area contributed by atoms with Gasteiger partial charge < -0.3 is 10.1 Å². The van der Waals surface area contributed by atoms with Gasteiger partial charge in [0.15, 0.2) is 0 Å². The number of rotatable bonds is 7. The van der Waals surface area contributed by atoms with Gasteiger partial charge >= 0.3 is 0 Å². The average molecular weight is 291 g/mol. The summed E-state index contributed by atoms with van der Waals surface area (Å²) in [6.07, 6.45) is -0.329. The van der Waals surface area contributed by atoms with E-state index in [0.717, 1.165) is 24.2 Å². The van der Waals surface area contributed by atoms with Gasteiger partial charge in [-0.15, -0.1) is 0 Å². The van der Waals surface area contributed by atoms with E-state index in [4.69, 9.17) is 4.74 Å². The SMILES string of the molecule is CCNCCOC(c1ccc(F)cc1)c1ccc(F)cc1. The van der Waals surface area contributed by atoms with E-state index in [1.165, 1.54) is 24.3 Å². The van der Waals surface area contributed by atoms with Gasteiger partial charge in [-0.25, -0.2) is 8.78 Å². The first-order valence-corrected chi connectivity index (χ1v) is 7.04. The molecule has 2 nitrogen and oxygen atoms in total. The molecule has 21 heavy (non-hydrogen) atoms. The van der Waals surface area contributed by atoms with Crippen LogP contribution in [-0.2, 0) is 4.74 Å². The molecule has 0 aromatic heterocycles. The molecule has 0 aliphatic rings. The Hall–Kier alpha value is -1.78. The lowest BCUT2D eigenvalue weighted by Gasteiger charge is -2.19. The summed E-state index contributed by atoms with van der Waals surface area (Å²) >= 11 is 0. The Morgan fingerprint density at radius 2 is 1.38 bits per heavy atom. The summed E-state index contributed by atoms with van der Waals surface area (Å²) in [5.41, 5.74) is 1.69. The molecule has 0 amide bonds. The van der Waals surface area contributed by atoms with Crippen molar-refractivity contribution in [2.24, 2.45) is 0 Å². The second kappa shape index (κ2) is 7.86. The first kappa shape index (κ1) is 15.6. The Kier molecular flexibility index (Phi) is 5.84. The van der Waals surface area contributed by atoms with Gasteiger partial charge in [-0.2, -0.15) is 0 Å². The third-order valence-electron chi connectivity index (χ3n) is 3.16. The molecule has 0 radical (unpaired) electrons. The summed E-state index contributed by atoms with van der Waals surface area (Å²) in [5.74, 6) is -0.575. The van der Waals surface area contributed by atoms with Crippen molar-refractivity contribution < 1.29 is 13.5 Å². The summed E-state index contributed by atoms with van der Waals surface area (Å²) < 4.78 is 32.0. The molecule has 4 heteroatoms. The predicted molar refractivity (Wildman–Crippen MR) is 79.1 cm³/mol. The van der Waals surface area contributed by atoms with Crippen LogP contribution in [0.25, 0.3) is 0 Å². The molecule has 0 atom stereocenters. The fourth-order valence-electron chi connectivity index (χ4n) is 2.09. The van der Waals surface area contributed by atoms with Gasteiger partial charge in [-0.3, -0.25) is 0 Å². The predicted octanol–water partition coefficient (Wildman–Crippen LogP) is 3.68. The second-order valence-corrected chi connectivity index (χ2v) is 4.71. The molecule has 2 aromatic rings. The maximum absolute atomic E-state index is 13.1. The lowest BCUT2D eigenvalue weighted by Crippen LogP contribution is -2.20. The number of nitrogens with one attached hydrogen (secondary N) is 1. The largest absolute Gasteiger partial charge is 0.367 e. The number of halogens is 2. The summed E-state index contributed by atoms with van der Waals surface area (Å²) in [4.78, 5) is 0. The molecule has 0 bridgehead atoms. The molecule has 0 saturated heterocycles. The van der Waals surface area contributed by atoms with Crippen LogP contribution < -0.4 is 5.32 Å². The monoisotopic (exact) mass is 291 g/mol. The van der Waals surface area contributed by atoms with E-state index in [1.807, 2.05) is 6.92 Å². The zero-order chi connectivity index (χ0) is 15.1. The Labute approximate surface area is 123 Å². The first-order valence-electron chi connectivity index (χ1n) is 7.04. The molecule has 2 aromatic carbocycles. The van der Waals surface area contributed by atoms with Crippen LogP contribution in [0.15, 0.2) is 48.5 Å². The Morgan fingerprint density at radius 1 is 0.905 bits per heavy atom. The summed E-state index contributed by atoms with van der Waals surface area (Å²) in [6.45, 7) is 4.15. The fraction of sp³-hybridized carbons (Fsp3) is 0.294. The van der Waals surface area contributed by atoms with Crippen LogP contribution in [0, 0.1) is 11.6 Å². The van der Waals surface area contributed by atoms with E-state index < -0.39 is 0 Å². The van der Waals surface area contributed by atoms with Gasteiger partial charge in [0.1, 0.15) is 17.7 Å². The van der Waals surface area contributed by atoms with Crippen LogP contribution in [0.2, 0.25) is 0 Å². The first-order chi connectivity index (χ1) is 10.2. The van der Waals surface area contributed by atoms with Crippen molar-refractivity contribution in [2.75, 3.05) is 19.7 Å². The van der Waals surface area contributed by atoms with Gasteiger partial charge in [0.2, 0.25) is 0 Å². The maximum atomic E-state index is 13.1. The van der Waals surface area contributed by atoms with Crippen LogP contribution in [0.4, 0.5) is 8.78 Å². The average Bonchev–Trinajstić information content (AvgIpc) is 2.50. The molecule has 112 valence electrons. The van der Waals surface area contributed by atoms with Crippen molar-refractivity contribution in [3.8, 4) is 0 Å². The molecular formula is C17H19F2NO. The highest BCUT2D eigenvalue weighted by molar-refractivity contribution is 5.30. The number of hydrogen-bond donors (Lipinski definition) is 1. The minimum Gasteiger partial charge on any atom is -0.367 e. The molecule has 0 fully saturated rings. The number of ether oxygens (including phenoxy) is 1. The zero-order valence-corrected chi connectivity index (χ0v) is 12.0. The molecule has 0 saturated carbocycles. The van der Waals surface area contributed by atoms with Gasteiger partial charge in [-0.1, -0.05) is 31.2 Å². The van der Waals surface area contributed by atoms with Crippen LogP contribution in [0.5, 0.6) is 0 Å². The minimum absolute atomic E-state index is 0.288. The number of hydrogen-bond acceptors (Lipinski definition) is 2. The Morgan fingerprint density at radius 3 is 1.81 bits per heavy atom. The molecule has 0 spiro atoms. The highest BCUT2D eigenvalue weighted by Crippen LogP contribution is 2.26. The van der Waals surface area contributed by atoms with Gasteiger partial charge in [0, 0.05) is 6.54 Å². The quantitative estimate of drug-likeness (QED) is 0.786. The van der Waals surface area contributed by atoms with Crippen molar-refractivity contribution in [3.63, 3.8) is 0 Å². The topological polar surface area (TPSA) is 21.3 Å². The lowest BCUT2D eigenvalue weighted by molar-refractivity contribution is 0.0823. The summed E-state index contributed by atoms with van der Waals surface area (Å²) in [5, 5.41) is 3.18. The van der Waals surface area contributed by atoms with Crippen LogP contribution in [0.1, 0.15) is 24.2 Å². The lowest BCUT2D eigenvalue weighted by atomic mass is 10.0. The maximum Gasteiger partial charge on any atom is 0.123 e. The molecule has 0 heterocycles. The smallest absolute Gasteiger partial charge is 0.123 e. The summed E-state index contributed by atoms with van der Waals surface area (Å²) in [6, 6.07) is 12.4. The third kappa shape index (κ3) is 4.62. The highest BCUT2D eigenvalue weighted by Gasteiger charge is 2.15. The van der Waals surface area contributed by atoms with Crippen molar-refractivity contribution in [1.82, 2.24) is 5.32 Å². The Balaban J connectivity index is 2.17. The van der Waals surface area contributed by atoms with Gasteiger partial charge in [0.05, 0.1) is 6.61 Å². The molecular weight excluding hydrogens is 272 g/mol. The second-order valence-electron chi connectivity index (χ2n) is 4.71. The van der Waals surface area contributed by atoms with Crippen molar-refractivity contribution in [1.29, 1.82) is 0 Å². The summed E-state index contributed by atoms with van der Waals surface area (Å²) in [7, 11) is 0. The van der Waals surface area contributed by atoms with E-state index >= 15 is 0 Å². The van der Waals surface area contributed by atoms with E-state index in [1.54, 1.807) is 24.3 Å². The normalized spacial score (nSPS) is 11.0. The Bertz CT molecular complexity index is 494. The van der Waals surface area contributed by atoms with E-state index in [2.05, 4.69) is 5.32 Å². The van der Waals surface area contributed by atoms with Crippen LogP contribution in [0.3, 0.4) is 0 Å². The number of benzene rings is 2.